The van der Waals surface area contributed by atoms with Gasteiger partial charge in [-0.3, -0.25) is 0 Å². The summed E-state index contributed by atoms with van der Waals surface area (Å²) in [5.74, 6) is -0.401. The maximum atomic E-state index is 13.0. The van der Waals surface area contributed by atoms with Crippen molar-refractivity contribution in [1.82, 2.24) is 0 Å². The maximum Gasteiger partial charge on any atom is 0.349 e. The van der Waals surface area contributed by atoms with E-state index in [1.54, 1.807) is 26.0 Å². The molecule has 0 atom stereocenters. The first-order valence-corrected chi connectivity index (χ1v) is 8.61. The van der Waals surface area contributed by atoms with Crippen molar-refractivity contribution in [2.45, 2.75) is 40.4 Å². The van der Waals surface area contributed by atoms with E-state index in [1.807, 2.05) is 32.0 Å². The molecule has 4 nitrogen and oxygen atoms in total. The Bertz CT molecular complexity index is 893. The molecular formula is C22H22FNO3. The predicted octanol–water partition coefficient (Wildman–Crippen LogP) is 4.88. The minimum atomic E-state index is -0.642. The van der Waals surface area contributed by atoms with Gasteiger partial charge in [0.25, 0.3) is 0 Å². The fourth-order valence-electron chi connectivity index (χ4n) is 2.49. The van der Waals surface area contributed by atoms with Crippen LogP contribution in [0.3, 0.4) is 0 Å². The number of nitriles is 1. The average molecular weight is 367 g/mol. The first kappa shape index (κ1) is 20.2. The Morgan fingerprint density at radius 1 is 1.19 bits per heavy atom. The lowest BCUT2D eigenvalue weighted by Gasteiger charge is -2.12. The zero-order chi connectivity index (χ0) is 20.0. The Hall–Kier alpha value is -3.13. The minimum Gasteiger partial charge on any atom is -0.489 e. The van der Waals surface area contributed by atoms with Crippen molar-refractivity contribution in [1.29, 1.82) is 5.26 Å². The zero-order valence-electron chi connectivity index (χ0n) is 15.9. The van der Waals surface area contributed by atoms with Gasteiger partial charge in [-0.25, -0.2) is 9.18 Å². The second kappa shape index (κ2) is 9.00. The standard InChI is InChI=1S/C22H22FNO3/c1-14(2)27-22(25)18(12-24)10-17-11-19(16(4)9-15(17)3)13-26-21-7-5-20(23)6-8-21/h5-11,14H,13H2,1-4H3/b18-10+. The van der Waals surface area contributed by atoms with E-state index in [0.29, 0.717) is 5.75 Å². The van der Waals surface area contributed by atoms with Crippen LogP contribution in [0.25, 0.3) is 6.08 Å². The number of halogens is 1. The van der Waals surface area contributed by atoms with Crippen LogP contribution in [0.15, 0.2) is 42.0 Å². The van der Waals surface area contributed by atoms with Crippen molar-refractivity contribution in [2.75, 3.05) is 0 Å². The number of hydrogen-bond donors (Lipinski definition) is 0. The number of benzene rings is 2. The second-order valence-corrected chi connectivity index (χ2v) is 6.50. The Kier molecular flexibility index (Phi) is 6.73. The number of ether oxygens (including phenoxy) is 2. The molecule has 5 heteroatoms. The molecule has 0 amide bonds. The first-order valence-electron chi connectivity index (χ1n) is 8.61. The molecule has 0 spiro atoms. The van der Waals surface area contributed by atoms with Crippen LogP contribution in [-0.4, -0.2) is 12.1 Å². The van der Waals surface area contributed by atoms with Gasteiger partial charge in [-0.1, -0.05) is 6.07 Å². The highest BCUT2D eigenvalue weighted by Gasteiger charge is 2.14. The molecule has 0 radical (unpaired) electrons. The summed E-state index contributed by atoms with van der Waals surface area (Å²) in [7, 11) is 0. The fourth-order valence-corrected chi connectivity index (χ4v) is 2.49. The molecular weight excluding hydrogens is 345 g/mol. The molecule has 0 bridgehead atoms. The molecule has 2 aromatic carbocycles. The van der Waals surface area contributed by atoms with Gasteiger partial charge in [0.05, 0.1) is 6.10 Å². The number of rotatable bonds is 6. The molecule has 0 fully saturated rings. The van der Waals surface area contributed by atoms with Gasteiger partial charge in [0, 0.05) is 0 Å². The lowest BCUT2D eigenvalue weighted by Crippen LogP contribution is -2.12. The summed E-state index contributed by atoms with van der Waals surface area (Å²) in [5, 5.41) is 9.29. The summed E-state index contributed by atoms with van der Waals surface area (Å²) in [4.78, 5) is 12.0. The largest absolute Gasteiger partial charge is 0.489 e. The molecule has 27 heavy (non-hydrogen) atoms. The maximum absolute atomic E-state index is 13.0. The number of aryl methyl sites for hydroxylation is 2. The summed E-state index contributed by atoms with van der Waals surface area (Å²) in [5.41, 5.74) is 3.56. The van der Waals surface area contributed by atoms with E-state index in [0.717, 1.165) is 22.3 Å². The van der Waals surface area contributed by atoms with E-state index in [1.165, 1.54) is 18.2 Å². The summed E-state index contributed by atoms with van der Waals surface area (Å²) in [6, 6.07) is 11.6. The van der Waals surface area contributed by atoms with Gasteiger partial charge in [0.2, 0.25) is 0 Å². The van der Waals surface area contributed by atoms with Gasteiger partial charge in [-0.05, 0) is 86.4 Å². The molecule has 0 heterocycles. The average Bonchev–Trinajstić information content (AvgIpc) is 2.61. The Labute approximate surface area is 158 Å². The highest BCUT2D eigenvalue weighted by atomic mass is 19.1. The number of nitrogens with zero attached hydrogens (tertiary/aromatic N) is 1. The quantitative estimate of drug-likeness (QED) is 0.415. The van der Waals surface area contributed by atoms with Gasteiger partial charge in [0.15, 0.2) is 0 Å². The van der Waals surface area contributed by atoms with Gasteiger partial charge in [0.1, 0.15) is 29.8 Å². The highest BCUT2D eigenvalue weighted by Crippen LogP contribution is 2.21. The van der Waals surface area contributed by atoms with E-state index < -0.39 is 5.97 Å². The Balaban J connectivity index is 2.26. The second-order valence-electron chi connectivity index (χ2n) is 6.50. The van der Waals surface area contributed by atoms with Gasteiger partial charge in [-0.2, -0.15) is 5.26 Å². The third-order valence-corrected chi connectivity index (χ3v) is 3.92. The number of hydrogen-bond acceptors (Lipinski definition) is 4. The molecule has 0 saturated heterocycles. The molecule has 140 valence electrons. The summed E-state index contributed by atoms with van der Waals surface area (Å²) < 4.78 is 23.8. The van der Waals surface area contributed by atoms with Crippen LogP contribution in [0.1, 0.15) is 36.1 Å². The van der Waals surface area contributed by atoms with Crippen LogP contribution < -0.4 is 4.74 Å². The topological polar surface area (TPSA) is 59.3 Å². The third-order valence-electron chi connectivity index (χ3n) is 3.92. The minimum absolute atomic E-state index is 0.0546. The molecule has 0 aromatic heterocycles. The van der Waals surface area contributed by atoms with E-state index >= 15 is 0 Å². The molecule has 0 aliphatic heterocycles. The third kappa shape index (κ3) is 5.68. The SMILES string of the molecule is Cc1cc(C)c(COc2ccc(F)cc2)cc1/C=C(\C#N)C(=O)OC(C)C. The van der Waals surface area contributed by atoms with Crippen molar-refractivity contribution >= 4 is 12.0 Å². The van der Waals surface area contributed by atoms with Crippen LogP contribution in [-0.2, 0) is 16.1 Å². The highest BCUT2D eigenvalue weighted by molar-refractivity contribution is 5.98. The van der Waals surface area contributed by atoms with Crippen LogP contribution in [0, 0.1) is 31.0 Å². The normalized spacial score (nSPS) is 11.2. The van der Waals surface area contributed by atoms with E-state index in [9.17, 15) is 14.4 Å². The number of carbonyl (C=O) groups excluding carboxylic acids is 1. The smallest absolute Gasteiger partial charge is 0.349 e. The van der Waals surface area contributed by atoms with Crippen molar-refractivity contribution in [3.05, 3.63) is 70.0 Å². The fraction of sp³-hybridized carbons (Fsp3) is 0.273. The lowest BCUT2D eigenvalue weighted by molar-refractivity contribution is -0.142. The molecule has 0 aliphatic carbocycles. The predicted molar refractivity (Wildman–Crippen MR) is 101 cm³/mol. The molecule has 0 saturated carbocycles. The molecule has 0 N–H and O–H groups in total. The molecule has 2 aromatic rings. The zero-order valence-corrected chi connectivity index (χ0v) is 15.9. The van der Waals surface area contributed by atoms with Crippen LogP contribution >= 0.6 is 0 Å². The number of carbonyl (C=O) groups is 1. The van der Waals surface area contributed by atoms with Crippen LogP contribution in [0.4, 0.5) is 4.39 Å². The van der Waals surface area contributed by atoms with Crippen LogP contribution in [0.2, 0.25) is 0 Å². The van der Waals surface area contributed by atoms with E-state index in [2.05, 4.69) is 0 Å². The lowest BCUT2D eigenvalue weighted by atomic mass is 9.98. The Morgan fingerprint density at radius 3 is 2.44 bits per heavy atom. The summed E-state index contributed by atoms with van der Waals surface area (Å²) in [6.07, 6.45) is 1.23. The van der Waals surface area contributed by atoms with Crippen LogP contribution in [0.5, 0.6) is 5.75 Å². The Morgan fingerprint density at radius 2 is 1.85 bits per heavy atom. The monoisotopic (exact) mass is 367 g/mol. The summed E-state index contributed by atoms with van der Waals surface area (Å²) >= 11 is 0. The van der Waals surface area contributed by atoms with Crippen molar-refractivity contribution in [2.24, 2.45) is 0 Å². The van der Waals surface area contributed by atoms with Crippen molar-refractivity contribution in [3.63, 3.8) is 0 Å². The van der Waals surface area contributed by atoms with Gasteiger partial charge < -0.3 is 9.47 Å². The van der Waals surface area contributed by atoms with Crippen molar-refractivity contribution < 1.29 is 18.7 Å². The molecule has 0 aliphatic rings. The molecule has 0 unspecified atom stereocenters. The van der Waals surface area contributed by atoms with Gasteiger partial charge >= 0.3 is 5.97 Å². The first-order chi connectivity index (χ1) is 12.8. The van der Waals surface area contributed by atoms with E-state index in [4.69, 9.17) is 9.47 Å². The molecule has 2 rings (SSSR count). The number of esters is 1. The van der Waals surface area contributed by atoms with Gasteiger partial charge in [-0.15, -0.1) is 0 Å². The van der Waals surface area contributed by atoms with E-state index in [-0.39, 0.29) is 24.1 Å². The van der Waals surface area contributed by atoms with Crippen molar-refractivity contribution in [3.8, 4) is 11.8 Å². The summed E-state index contributed by atoms with van der Waals surface area (Å²) in [6.45, 7) is 7.62.